The molecule has 0 aliphatic heterocycles. The van der Waals surface area contributed by atoms with E-state index in [1.807, 2.05) is 20.0 Å². The van der Waals surface area contributed by atoms with Crippen molar-refractivity contribution in [2.24, 2.45) is 0 Å². The maximum atomic E-state index is 6.12. The topological polar surface area (TPSA) is 29.9 Å². The first kappa shape index (κ1) is 16.1. The number of likely N-dealkylation sites (N-methyl/N-ethyl adjacent to an activating group) is 1. The number of hydrogen-bond acceptors (Lipinski definition) is 2. The molecule has 0 radical (unpaired) electrons. The lowest BCUT2D eigenvalue weighted by Gasteiger charge is -2.18. The Bertz CT molecular complexity index is 604. The number of nitrogens with zero attached hydrogens (tertiary/aromatic N) is 2. The van der Waals surface area contributed by atoms with E-state index < -0.39 is 0 Å². The molecule has 1 unspecified atom stereocenters. The number of benzene rings is 1. The van der Waals surface area contributed by atoms with E-state index >= 15 is 0 Å². The zero-order valence-electron chi connectivity index (χ0n) is 13.3. The molecule has 2 rings (SSSR count). The molecule has 1 aromatic carbocycles. The van der Waals surface area contributed by atoms with Gasteiger partial charge in [-0.3, -0.25) is 4.68 Å². The van der Waals surface area contributed by atoms with Crippen LogP contribution in [-0.4, -0.2) is 16.8 Å². The predicted molar refractivity (Wildman–Crippen MR) is 89.0 cm³/mol. The predicted octanol–water partition coefficient (Wildman–Crippen LogP) is 3.93. The molecule has 1 aromatic heterocycles. The molecule has 2 aromatic rings. The quantitative estimate of drug-likeness (QED) is 0.876. The van der Waals surface area contributed by atoms with Crippen molar-refractivity contribution in [1.82, 2.24) is 15.1 Å². The SMILES string of the molecule is CCc1cc(CC(NC)c2ccc(Cl)c(C)c2)n(CC)n1. The van der Waals surface area contributed by atoms with Crippen molar-refractivity contribution in [1.29, 1.82) is 0 Å². The summed E-state index contributed by atoms with van der Waals surface area (Å²) in [5.74, 6) is 0. The fourth-order valence-electron chi connectivity index (χ4n) is 2.61. The van der Waals surface area contributed by atoms with Crippen LogP contribution in [0.2, 0.25) is 5.02 Å². The Labute approximate surface area is 132 Å². The molecule has 0 spiro atoms. The van der Waals surface area contributed by atoms with Gasteiger partial charge in [0.2, 0.25) is 0 Å². The summed E-state index contributed by atoms with van der Waals surface area (Å²) in [6.07, 6.45) is 1.91. The molecular weight excluding hydrogens is 282 g/mol. The number of hydrogen-bond donors (Lipinski definition) is 1. The first-order valence-corrected chi connectivity index (χ1v) is 7.95. The van der Waals surface area contributed by atoms with Crippen LogP contribution in [0.1, 0.15) is 42.4 Å². The molecule has 0 saturated heterocycles. The van der Waals surface area contributed by atoms with Crippen LogP contribution in [0.5, 0.6) is 0 Å². The molecular formula is C17H24ClN3. The van der Waals surface area contributed by atoms with E-state index in [1.54, 1.807) is 0 Å². The maximum Gasteiger partial charge on any atom is 0.0624 e. The van der Waals surface area contributed by atoms with Crippen LogP contribution >= 0.6 is 11.6 Å². The first-order chi connectivity index (χ1) is 10.1. The molecule has 1 atom stereocenters. The van der Waals surface area contributed by atoms with Crippen molar-refractivity contribution in [3.63, 3.8) is 0 Å². The zero-order valence-corrected chi connectivity index (χ0v) is 14.0. The summed E-state index contributed by atoms with van der Waals surface area (Å²) in [5.41, 5.74) is 4.82. The first-order valence-electron chi connectivity index (χ1n) is 7.57. The molecule has 0 fully saturated rings. The maximum absolute atomic E-state index is 6.12. The van der Waals surface area contributed by atoms with Gasteiger partial charge in [0.05, 0.1) is 5.69 Å². The summed E-state index contributed by atoms with van der Waals surface area (Å²) >= 11 is 6.12. The minimum atomic E-state index is 0.271. The van der Waals surface area contributed by atoms with Gasteiger partial charge in [-0.2, -0.15) is 5.10 Å². The molecule has 1 N–H and O–H groups in total. The van der Waals surface area contributed by atoms with Crippen LogP contribution in [0.4, 0.5) is 0 Å². The van der Waals surface area contributed by atoms with E-state index in [4.69, 9.17) is 11.6 Å². The third kappa shape index (κ3) is 3.66. The monoisotopic (exact) mass is 305 g/mol. The van der Waals surface area contributed by atoms with Crippen molar-refractivity contribution in [3.05, 3.63) is 51.8 Å². The van der Waals surface area contributed by atoms with Gasteiger partial charge in [0.25, 0.3) is 0 Å². The van der Waals surface area contributed by atoms with Crippen LogP contribution in [0.15, 0.2) is 24.3 Å². The molecule has 0 bridgehead atoms. The standard InChI is InChI=1S/C17H24ClN3/c1-5-14-10-15(21(6-2)20-14)11-17(19-4)13-7-8-16(18)12(3)9-13/h7-10,17,19H,5-6,11H2,1-4H3. The molecule has 0 aliphatic carbocycles. The summed E-state index contributed by atoms with van der Waals surface area (Å²) in [7, 11) is 2.00. The highest BCUT2D eigenvalue weighted by molar-refractivity contribution is 6.31. The van der Waals surface area contributed by atoms with Crippen LogP contribution < -0.4 is 5.32 Å². The molecule has 3 nitrogen and oxygen atoms in total. The lowest BCUT2D eigenvalue weighted by atomic mass is 10.00. The van der Waals surface area contributed by atoms with E-state index in [1.165, 1.54) is 11.3 Å². The molecule has 0 saturated carbocycles. The Morgan fingerprint density at radius 2 is 2.05 bits per heavy atom. The normalized spacial score (nSPS) is 12.6. The summed E-state index contributed by atoms with van der Waals surface area (Å²) in [6, 6.07) is 8.73. The minimum Gasteiger partial charge on any atom is -0.313 e. The van der Waals surface area contributed by atoms with Gasteiger partial charge in [0.1, 0.15) is 0 Å². The molecule has 0 amide bonds. The average Bonchev–Trinajstić information content (AvgIpc) is 2.90. The Morgan fingerprint density at radius 1 is 1.29 bits per heavy atom. The highest BCUT2D eigenvalue weighted by Crippen LogP contribution is 2.23. The molecule has 1 heterocycles. The summed E-state index contributed by atoms with van der Waals surface area (Å²) in [6.45, 7) is 7.23. The van der Waals surface area contributed by atoms with Gasteiger partial charge in [-0.25, -0.2) is 0 Å². The minimum absolute atomic E-state index is 0.271. The van der Waals surface area contributed by atoms with Gasteiger partial charge in [0.15, 0.2) is 0 Å². The van der Waals surface area contributed by atoms with E-state index in [-0.39, 0.29) is 6.04 Å². The number of nitrogens with one attached hydrogen (secondary N) is 1. The Hall–Kier alpha value is -1.32. The van der Waals surface area contributed by atoms with Crippen LogP contribution in [0.3, 0.4) is 0 Å². The van der Waals surface area contributed by atoms with Gasteiger partial charge in [-0.1, -0.05) is 30.7 Å². The highest BCUT2D eigenvalue weighted by Gasteiger charge is 2.15. The van der Waals surface area contributed by atoms with Gasteiger partial charge >= 0.3 is 0 Å². The summed E-state index contributed by atoms with van der Waals surface area (Å²) < 4.78 is 2.10. The lowest BCUT2D eigenvalue weighted by molar-refractivity contribution is 0.540. The Morgan fingerprint density at radius 3 is 2.62 bits per heavy atom. The molecule has 4 heteroatoms. The van der Waals surface area contributed by atoms with Crippen LogP contribution in [0.25, 0.3) is 0 Å². The second-order valence-corrected chi connectivity index (χ2v) is 5.76. The number of rotatable bonds is 6. The van der Waals surface area contributed by atoms with Crippen molar-refractivity contribution < 1.29 is 0 Å². The Kier molecular flexibility index (Phi) is 5.43. The van der Waals surface area contributed by atoms with E-state index in [0.29, 0.717) is 0 Å². The van der Waals surface area contributed by atoms with Crippen LogP contribution in [-0.2, 0) is 19.4 Å². The third-order valence-electron chi connectivity index (χ3n) is 3.92. The number of aromatic nitrogens is 2. The fraction of sp³-hybridized carbons (Fsp3) is 0.471. The van der Waals surface area contributed by atoms with Crippen molar-refractivity contribution in [2.45, 2.75) is 46.2 Å². The Balaban J connectivity index is 2.26. The largest absolute Gasteiger partial charge is 0.313 e. The molecule has 0 aliphatic rings. The number of aryl methyl sites for hydroxylation is 3. The highest BCUT2D eigenvalue weighted by atomic mass is 35.5. The van der Waals surface area contributed by atoms with Gasteiger partial charge in [0, 0.05) is 29.7 Å². The summed E-state index contributed by atoms with van der Waals surface area (Å²) in [5, 5.41) is 8.86. The smallest absolute Gasteiger partial charge is 0.0624 e. The van der Waals surface area contributed by atoms with Gasteiger partial charge < -0.3 is 5.32 Å². The molecule has 114 valence electrons. The lowest BCUT2D eigenvalue weighted by Crippen LogP contribution is -2.20. The molecule has 21 heavy (non-hydrogen) atoms. The summed E-state index contributed by atoms with van der Waals surface area (Å²) in [4.78, 5) is 0. The van der Waals surface area contributed by atoms with E-state index in [9.17, 15) is 0 Å². The zero-order chi connectivity index (χ0) is 15.4. The van der Waals surface area contributed by atoms with Crippen molar-refractivity contribution in [3.8, 4) is 0 Å². The average molecular weight is 306 g/mol. The van der Waals surface area contributed by atoms with E-state index in [2.05, 4.69) is 47.1 Å². The third-order valence-corrected chi connectivity index (χ3v) is 4.35. The van der Waals surface area contributed by atoms with Crippen molar-refractivity contribution >= 4 is 11.6 Å². The van der Waals surface area contributed by atoms with Gasteiger partial charge in [-0.05, 0) is 50.6 Å². The van der Waals surface area contributed by atoms with Crippen molar-refractivity contribution in [2.75, 3.05) is 7.05 Å². The van der Waals surface area contributed by atoms with E-state index in [0.717, 1.165) is 35.7 Å². The fourth-order valence-corrected chi connectivity index (χ4v) is 2.72. The van der Waals surface area contributed by atoms with Crippen LogP contribution in [0, 0.1) is 6.92 Å². The number of halogens is 1. The second kappa shape index (κ2) is 7.10. The van der Waals surface area contributed by atoms with Gasteiger partial charge in [-0.15, -0.1) is 0 Å². The second-order valence-electron chi connectivity index (χ2n) is 5.35.